The van der Waals surface area contributed by atoms with Gasteiger partial charge in [0.25, 0.3) is 6.43 Å². The normalized spacial score (nSPS) is 11.2. The predicted octanol–water partition coefficient (Wildman–Crippen LogP) is 4.38. The van der Waals surface area contributed by atoms with Crippen molar-refractivity contribution in [3.8, 4) is 11.3 Å². The molecule has 0 unspecified atom stereocenters. The number of pyridine rings is 2. The van der Waals surface area contributed by atoms with Gasteiger partial charge in [-0.05, 0) is 25.1 Å². The van der Waals surface area contributed by atoms with Crippen molar-refractivity contribution in [3.05, 3.63) is 72.1 Å². The monoisotopic (exact) mass is 393 g/mol. The molecule has 29 heavy (non-hydrogen) atoms. The van der Waals surface area contributed by atoms with Gasteiger partial charge in [0.15, 0.2) is 5.65 Å². The van der Waals surface area contributed by atoms with Crippen LogP contribution < -0.4 is 5.32 Å². The molecule has 4 rings (SSSR count). The fourth-order valence-electron chi connectivity index (χ4n) is 3.18. The van der Waals surface area contributed by atoms with Crippen molar-refractivity contribution in [2.75, 3.05) is 5.32 Å². The molecule has 0 aliphatic rings. The predicted molar refractivity (Wildman–Crippen MR) is 106 cm³/mol. The first-order chi connectivity index (χ1) is 14.0. The largest absolute Gasteiger partial charge is 0.309 e. The number of aryl methyl sites for hydroxylation is 1. The van der Waals surface area contributed by atoms with Gasteiger partial charge in [-0.3, -0.25) is 4.79 Å². The Morgan fingerprint density at radius 2 is 1.90 bits per heavy atom. The van der Waals surface area contributed by atoms with Gasteiger partial charge in [-0.25, -0.2) is 23.4 Å². The maximum absolute atomic E-state index is 13.8. The Morgan fingerprint density at radius 1 is 1.14 bits per heavy atom. The zero-order valence-electron chi connectivity index (χ0n) is 15.5. The zero-order chi connectivity index (χ0) is 20.4. The van der Waals surface area contributed by atoms with Crippen LogP contribution in [0, 0.1) is 6.92 Å². The Balaban J connectivity index is 1.76. The number of halogens is 2. The molecule has 1 aromatic carbocycles. The molecule has 1 amide bonds. The quantitative estimate of drug-likeness (QED) is 0.546. The lowest BCUT2D eigenvalue weighted by atomic mass is 10.1. The van der Waals surface area contributed by atoms with E-state index >= 15 is 0 Å². The Bertz CT molecular complexity index is 1160. The fourth-order valence-corrected chi connectivity index (χ4v) is 3.18. The lowest BCUT2D eigenvalue weighted by Gasteiger charge is -2.09. The molecule has 0 spiro atoms. The molecule has 0 aliphatic carbocycles. The van der Waals surface area contributed by atoms with Crippen molar-refractivity contribution in [3.63, 3.8) is 0 Å². The third kappa shape index (κ3) is 3.82. The van der Waals surface area contributed by atoms with Gasteiger partial charge in [-0.15, -0.1) is 0 Å². The maximum atomic E-state index is 13.8. The number of alkyl halides is 2. The highest BCUT2D eigenvalue weighted by Gasteiger charge is 2.22. The van der Waals surface area contributed by atoms with Crippen LogP contribution in [0.2, 0.25) is 0 Å². The molecule has 3 heterocycles. The van der Waals surface area contributed by atoms with Crippen LogP contribution in [0.15, 0.2) is 60.8 Å². The molecule has 0 atom stereocenters. The molecule has 6 nitrogen and oxygen atoms in total. The first kappa shape index (κ1) is 18.7. The summed E-state index contributed by atoms with van der Waals surface area (Å²) >= 11 is 0. The van der Waals surface area contributed by atoms with Crippen LogP contribution >= 0.6 is 0 Å². The third-order valence-electron chi connectivity index (χ3n) is 4.44. The Morgan fingerprint density at radius 3 is 2.59 bits per heavy atom. The minimum absolute atomic E-state index is 0.150. The highest BCUT2D eigenvalue weighted by Crippen LogP contribution is 2.33. The molecule has 1 N–H and O–H groups in total. The number of hydrogen-bond donors (Lipinski definition) is 1. The van der Waals surface area contributed by atoms with Crippen molar-refractivity contribution in [1.29, 1.82) is 0 Å². The smallest absolute Gasteiger partial charge is 0.264 e. The van der Waals surface area contributed by atoms with Gasteiger partial charge in [-0.2, -0.15) is 5.10 Å². The topological polar surface area (TPSA) is 72.7 Å². The molecular formula is C21H17F2N5O. The molecular weight excluding hydrogens is 376 g/mol. The van der Waals surface area contributed by atoms with Gasteiger partial charge in [0.2, 0.25) is 5.91 Å². The summed E-state index contributed by atoms with van der Waals surface area (Å²) in [5, 5.41) is 7.22. The minimum atomic E-state index is -2.69. The van der Waals surface area contributed by atoms with Crippen molar-refractivity contribution < 1.29 is 13.6 Å². The zero-order valence-corrected chi connectivity index (χ0v) is 15.5. The van der Waals surface area contributed by atoms with Crippen molar-refractivity contribution >= 4 is 22.8 Å². The highest BCUT2D eigenvalue weighted by molar-refractivity contribution is 5.91. The Kier molecular flexibility index (Phi) is 4.99. The lowest BCUT2D eigenvalue weighted by molar-refractivity contribution is -0.116. The van der Waals surface area contributed by atoms with E-state index < -0.39 is 6.43 Å². The van der Waals surface area contributed by atoms with E-state index in [0.717, 1.165) is 0 Å². The van der Waals surface area contributed by atoms with Crippen LogP contribution in [0.3, 0.4) is 0 Å². The number of aromatic nitrogens is 4. The van der Waals surface area contributed by atoms with Crippen molar-refractivity contribution in [2.45, 2.75) is 19.9 Å². The van der Waals surface area contributed by atoms with E-state index in [1.165, 1.54) is 10.7 Å². The second kappa shape index (κ2) is 7.75. The minimum Gasteiger partial charge on any atom is -0.309 e. The van der Waals surface area contributed by atoms with Crippen molar-refractivity contribution in [1.82, 2.24) is 19.7 Å². The number of rotatable bonds is 5. The van der Waals surface area contributed by atoms with E-state index in [4.69, 9.17) is 0 Å². The Labute approximate surface area is 165 Å². The molecule has 0 radical (unpaired) electrons. The van der Waals surface area contributed by atoms with E-state index in [1.807, 2.05) is 18.2 Å². The molecule has 0 saturated heterocycles. The number of carbonyl (C=O) groups excluding carboxylic acids is 1. The highest BCUT2D eigenvalue weighted by atomic mass is 19.3. The molecule has 0 fully saturated rings. The number of carbonyl (C=O) groups is 1. The average molecular weight is 393 g/mol. The molecule has 4 aromatic rings. The van der Waals surface area contributed by atoms with Gasteiger partial charge in [-0.1, -0.05) is 36.4 Å². The van der Waals surface area contributed by atoms with Crippen LogP contribution in [0.1, 0.15) is 17.7 Å². The molecule has 3 aromatic heterocycles. The van der Waals surface area contributed by atoms with Crippen LogP contribution in [-0.4, -0.2) is 25.7 Å². The summed E-state index contributed by atoms with van der Waals surface area (Å²) in [7, 11) is 0. The van der Waals surface area contributed by atoms with Crippen molar-refractivity contribution in [2.24, 2.45) is 0 Å². The number of amides is 1. The van der Waals surface area contributed by atoms with Crippen LogP contribution in [0.5, 0.6) is 0 Å². The second-order valence-corrected chi connectivity index (χ2v) is 6.47. The van der Waals surface area contributed by atoms with E-state index in [0.29, 0.717) is 22.8 Å². The first-order valence-corrected chi connectivity index (χ1v) is 8.95. The SMILES string of the molecule is Cc1nn(CC(=O)Nc2ccccn2)c2nc(-c3ccccc3)cc(C(F)F)c12. The van der Waals surface area contributed by atoms with Crippen LogP contribution in [0.25, 0.3) is 22.3 Å². The molecule has 0 bridgehead atoms. The standard InChI is InChI=1S/C21H17F2N5O/c1-13-19-15(20(22)23)11-16(14-7-3-2-4-8-14)25-21(19)28(27-13)12-18(29)26-17-9-5-6-10-24-17/h2-11,20H,12H2,1H3,(H,24,26,29). The average Bonchev–Trinajstić information content (AvgIpc) is 3.04. The van der Waals surface area contributed by atoms with E-state index in [2.05, 4.69) is 20.4 Å². The third-order valence-corrected chi connectivity index (χ3v) is 4.44. The van der Waals surface area contributed by atoms with E-state index in [-0.39, 0.29) is 29.0 Å². The van der Waals surface area contributed by atoms with Crippen LogP contribution in [0.4, 0.5) is 14.6 Å². The number of nitrogens with zero attached hydrogens (tertiary/aromatic N) is 4. The summed E-state index contributed by atoms with van der Waals surface area (Å²) in [4.78, 5) is 21.0. The number of benzene rings is 1. The first-order valence-electron chi connectivity index (χ1n) is 8.95. The van der Waals surface area contributed by atoms with E-state index in [9.17, 15) is 13.6 Å². The Hall–Kier alpha value is -3.68. The maximum Gasteiger partial charge on any atom is 0.264 e. The van der Waals surface area contributed by atoms with Gasteiger partial charge in [0, 0.05) is 17.3 Å². The molecule has 146 valence electrons. The summed E-state index contributed by atoms with van der Waals surface area (Å²) in [6, 6.07) is 15.6. The number of anilines is 1. The summed E-state index contributed by atoms with van der Waals surface area (Å²) in [6.45, 7) is 1.46. The number of fused-ring (bicyclic) bond motifs is 1. The summed E-state index contributed by atoms with van der Waals surface area (Å²) in [6.07, 6.45) is -1.13. The number of hydrogen-bond acceptors (Lipinski definition) is 4. The second-order valence-electron chi connectivity index (χ2n) is 6.47. The van der Waals surface area contributed by atoms with Crippen LogP contribution in [-0.2, 0) is 11.3 Å². The summed E-state index contributed by atoms with van der Waals surface area (Å²) in [5.74, 6) is 0.0236. The molecule has 0 aliphatic heterocycles. The van der Waals surface area contributed by atoms with Gasteiger partial charge >= 0.3 is 0 Å². The number of nitrogens with one attached hydrogen (secondary N) is 1. The molecule has 0 saturated carbocycles. The van der Waals surface area contributed by atoms with Gasteiger partial charge < -0.3 is 5.32 Å². The fraction of sp³-hybridized carbons (Fsp3) is 0.143. The lowest BCUT2D eigenvalue weighted by Crippen LogP contribution is -2.20. The van der Waals surface area contributed by atoms with Gasteiger partial charge in [0.05, 0.1) is 16.8 Å². The molecule has 8 heteroatoms. The summed E-state index contributed by atoms with van der Waals surface area (Å²) in [5.41, 5.74) is 1.60. The summed E-state index contributed by atoms with van der Waals surface area (Å²) < 4.78 is 28.9. The van der Waals surface area contributed by atoms with Gasteiger partial charge in [0.1, 0.15) is 12.4 Å². The van der Waals surface area contributed by atoms with E-state index in [1.54, 1.807) is 43.5 Å².